The fourth-order valence-corrected chi connectivity index (χ4v) is 2.64. The topological polar surface area (TPSA) is 89.8 Å². The molecule has 2 rings (SSSR count). The summed E-state index contributed by atoms with van der Waals surface area (Å²) in [6, 6.07) is 4.01. The van der Waals surface area contributed by atoms with Gasteiger partial charge >= 0.3 is 5.97 Å². The number of hydrogen-bond donors (Lipinski definition) is 0. The summed E-state index contributed by atoms with van der Waals surface area (Å²) < 4.78 is 5.21. The molecular weight excluding hydrogens is 300 g/mol. The average Bonchev–Trinajstić information content (AvgIpc) is 2.54. The number of nitrogens with zero attached hydrogens (tertiary/aromatic N) is 2. The van der Waals surface area contributed by atoms with E-state index in [1.807, 2.05) is 0 Å². The molecule has 1 aliphatic heterocycles. The third kappa shape index (κ3) is 4.06. The molecule has 1 heterocycles. The summed E-state index contributed by atoms with van der Waals surface area (Å²) in [6.45, 7) is 4.49. The van der Waals surface area contributed by atoms with Crippen LogP contribution in [-0.4, -0.2) is 40.9 Å². The summed E-state index contributed by atoms with van der Waals surface area (Å²) >= 11 is 0. The summed E-state index contributed by atoms with van der Waals surface area (Å²) in [6.07, 6.45) is 2.18. The van der Waals surface area contributed by atoms with Crippen LogP contribution in [0.1, 0.15) is 42.1 Å². The van der Waals surface area contributed by atoms with Crippen molar-refractivity contribution in [1.29, 1.82) is 0 Å². The summed E-state index contributed by atoms with van der Waals surface area (Å²) in [5.41, 5.74) is 0.518. The molecule has 0 bridgehead atoms. The van der Waals surface area contributed by atoms with Crippen molar-refractivity contribution in [2.45, 2.75) is 39.2 Å². The van der Waals surface area contributed by atoms with E-state index in [1.54, 1.807) is 18.7 Å². The highest BCUT2D eigenvalue weighted by molar-refractivity contribution is 5.92. The smallest absolute Gasteiger partial charge is 0.338 e. The van der Waals surface area contributed by atoms with Gasteiger partial charge in [-0.2, -0.15) is 0 Å². The molecule has 124 valence electrons. The van der Waals surface area contributed by atoms with Crippen molar-refractivity contribution in [3.63, 3.8) is 0 Å². The van der Waals surface area contributed by atoms with Crippen LogP contribution >= 0.6 is 0 Å². The number of likely N-dealkylation sites (tertiary alicyclic amines) is 1. The van der Waals surface area contributed by atoms with E-state index in [1.165, 1.54) is 18.2 Å². The van der Waals surface area contributed by atoms with Crippen LogP contribution in [0.2, 0.25) is 0 Å². The van der Waals surface area contributed by atoms with Gasteiger partial charge in [0.1, 0.15) is 0 Å². The molecule has 1 fully saturated rings. The van der Waals surface area contributed by atoms with E-state index in [0.29, 0.717) is 18.7 Å². The number of amides is 1. The van der Waals surface area contributed by atoms with Gasteiger partial charge in [-0.1, -0.05) is 0 Å². The number of piperidine rings is 1. The highest BCUT2D eigenvalue weighted by Crippen LogP contribution is 2.20. The van der Waals surface area contributed by atoms with Gasteiger partial charge < -0.3 is 9.64 Å². The minimum atomic E-state index is -0.865. The van der Waals surface area contributed by atoms with Crippen molar-refractivity contribution in [2.24, 2.45) is 0 Å². The largest absolute Gasteiger partial charge is 0.449 e. The Labute approximate surface area is 134 Å². The minimum absolute atomic E-state index is 0.0565. The highest BCUT2D eigenvalue weighted by Gasteiger charge is 2.25. The molecular formula is C16H20N2O5. The second-order valence-electron chi connectivity index (χ2n) is 5.69. The normalized spacial score (nSPS) is 15.8. The number of nitro groups is 1. The summed E-state index contributed by atoms with van der Waals surface area (Å²) in [4.78, 5) is 36.3. The first-order valence-corrected chi connectivity index (χ1v) is 7.65. The molecule has 0 radical (unpaired) electrons. The minimum Gasteiger partial charge on any atom is -0.449 e. The molecule has 1 saturated heterocycles. The molecule has 7 heteroatoms. The van der Waals surface area contributed by atoms with Gasteiger partial charge in [0, 0.05) is 24.7 Å². The maximum absolute atomic E-state index is 12.2. The number of esters is 1. The zero-order valence-corrected chi connectivity index (χ0v) is 13.3. The molecule has 7 nitrogen and oxygen atoms in total. The Morgan fingerprint density at radius 3 is 2.48 bits per heavy atom. The Balaban J connectivity index is 2.01. The fourth-order valence-electron chi connectivity index (χ4n) is 2.64. The number of ether oxygens (including phenoxy) is 1. The van der Waals surface area contributed by atoms with Gasteiger partial charge in [-0.05, 0) is 45.2 Å². The van der Waals surface area contributed by atoms with Crippen LogP contribution in [-0.2, 0) is 9.53 Å². The predicted octanol–water partition coefficient (Wildman–Crippen LogP) is 2.46. The number of carbonyl (C=O) groups is 2. The van der Waals surface area contributed by atoms with Crippen molar-refractivity contribution in [2.75, 3.05) is 13.1 Å². The maximum atomic E-state index is 12.2. The van der Waals surface area contributed by atoms with Gasteiger partial charge in [-0.25, -0.2) is 4.79 Å². The van der Waals surface area contributed by atoms with Crippen LogP contribution in [0.5, 0.6) is 0 Å². The number of nitro benzene ring substituents is 1. The second-order valence-corrected chi connectivity index (χ2v) is 5.69. The molecule has 0 aliphatic carbocycles. The quantitative estimate of drug-likeness (QED) is 0.483. The van der Waals surface area contributed by atoms with Crippen LogP contribution in [0.4, 0.5) is 5.69 Å². The van der Waals surface area contributed by atoms with Crippen LogP contribution in [0.25, 0.3) is 0 Å². The zero-order valence-electron chi connectivity index (χ0n) is 13.3. The van der Waals surface area contributed by atoms with Gasteiger partial charge in [-0.3, -0.25) is 14.9 Å². The van der Waals surface area contributed by atoms with Gasteiger partial charge in [0.2, 0.25) is 0 Å². The molecule has 1 atom stereocenters. The van der Waals surface area contributed by atoms with Crippen LogP contribution in [0.3, 0.4) is 0 Å². The molecule has 0 unspecified atom stereocenters. The Hall–Kier alpha value is -2.44. The number of rotatable bonds is 4. The molecule has 1 aliphatic rings. The number of benzene rings is 1. The molecule has 0 aromatic heterocycles. The predicted molar refractivity (Wildman–Crippen MR) is 83.1 cm³/mol. The van der Waals surface area contributed by atoms with E-state index in [9.17, 15) is 19.7 Å². The van der Waals surface area contributed by atoms with E-state index in [-0.39, 0.29) is 17.2 Å². The third-order valence-corrected chi connectivity index (χ3v) is 3.93. The maximum Gasteiger partial charge on any atom is 0.338 e. The fraction of sp³-hybridized carbons (Fsp3) is 0.500. The van der Waals surface area contributed by atoms with Crippen molar-refractivity contribution in [3.05, 3.63) is 39.4 Å². The molecule has 1 aromatic rings. The Bertz CT molecular complexity index is 623. The van der Waals surface area contributed by atoms with Gasteiger partial charge in [-0.15, -0.1) is 0 Å². The lowest BCUT2D eigenvalue weighted by molar-refractivity contribution is -0.385. The second kappa shape index (κ2) is 7.21. The summed E-state index contributed by atoms with van der Waals surface area (Å²) in [5, 5.41) is 10.8. The van der Waals surface area contributed by atoms with Crippen LogP contribution in [0, 0.1) is 17.0 Å². The zero-order chi connectivity index (χ0) is 17.0. The lowest BCUT2D eigenvalue weighted by Crippen LogP contribution is -2.42. The first-order valence-electron chi connectivity index (χ1n) is 7.65. The standard InChI is InChI=1S/C16H20N2O5/c1-11-10-13(6-7-14(11)18(21)22)16(20)23-12(2)15(19)17-8-4-3-5-9-17/h6-7,10,12H,3-5,8-9H2,1-2H3/t12-/m1/s1. The molecule has 0 spiro atoms. The highest BCUT2D eigenvalue weighted by atomic mass is 16.6. The van der Waals surface area contributed by atoms with Crippen molar-refractivity contribution >= 4 is 17.6 Å². The van der Waals surface area contributed by atoms with Crippen LogP contribution in [0.15, 0.2) is 18.2 Å². The van der Waals surface area contributed by atoms with Crippen molar-refractivity contribution in [1.82, 2.24) is 4.90 Å². The third-order valence-electron chi connectivity index (χ3n) is 3.93. The monoisotopic (exact) mass is 320 g/mol. The van der Waals surface area contributed by atoms with E-state index in [4.69, 9.17) is 4.74 Å². The molecule has 0 N–H and O–H groups in total. The Kier molecular flexibility index (Phi) is 5.31. The molecule has 0 saturated carbocycles. The van der Waals surface area contributed by atoms with Gasteiger partial charge in [0.15, 0.2) is 6.10 Å². The summed E-state index contributed by atoms with van der Waals surface area (Å²) in [5.74, 6) is -0.849. The molecule has 1 aromatic carbocycles. The van der Waals surface area contributed by atoms with Crippen LogP contribution < -0.4 is 0 Å². The first-order chi connectivity index (χ1) is 10.9. The Morgan fingerprint density at radius 1 is 1.26 bits per heavy atom. The van der Waals surface area contributed by atoms with E-state index < -0.39 is 17.0 Å². The molecule has 23 heavy (non-hydrogen) atoms. The average molecular weight is 320 g/mol. The van der Waals surface area contributed by atoms with Gasteiger partial charge in [0.25, 0.3) is 11.6 Å². The van der Waals surface area contributed by atoms with E-state index in [2.05, 4.69) is 0 Å². The lowest BCUT2D eigenvalue weighted by Gasteiger charge is -2.28. The number of aryl methyl sites for hydroxylation is 1. The molecule has 1 amide bonds. The van der Waals surface area contributed by atoms with Crippen molar-refractivity contribution < 1.29 is 19.2 Å². The SMILES string of the molecule is Cc1cc(C(=O)O[C@H](C)C(=O)N2CCCCC2)ccc1[N+](=O)[O-]. The number of carbonyl (C=O) groups excluding carboxylic acids is 2. The van der Waals surface area contributed by atoms with Gasteiger partial charge in [0.05, 0.1) is 10.5 Å². The van der Waals surface area contributed by atoms with E-state index >= 15 is 0 Å². The Morgan fingerprint density at radius 2 is 1.91 bits per heavy atom. The first kappa shape index (κ1) is 16.9. The van der Waals surface area contributed by atoms with E-state index in [0.717, 1.165) is 19.3 Å². The lowest BCUT2D eigenvalue weighted by atomic mass is 10.1. The van der Waals surface area contributed by atoms with Crippen molar-refractivity contribution in [3.8, 4) is 0 Å². The number of hydrogen-bond acceptors (Lipinski definition) is 5. The summed E-state index contributed by atoms with van der Waals surface area (Å²) in [7, 11) is 0.